The van der Waals surface area contributed by atoms with Crippen LogP contribution in [0.3, 0.4) is 0 Å². The summed E-state index contributed by atoms with van der Waals surface area (Å²) in [5.74, 6) is -2.39. The Kier molecular flexibility index (Phi) is 8.69. The largest absolute Gasteiger partial charge is 0.473 e. The molecule has 7 heterocycles. The third-order valence-corrected chi connectivity index (χ3v) is 11.0. The molecule has 1 saturated heterocycles. The van der Waals surface area contributed by atoms with Gasteiger partial charge in [-0.25, -0.2) is 29.3 Å². The van der Waals surface area contributed by atoms with Gasteiger partial charge in [-0.15, -0.1) is 0 Å². The molecular weight excluding hydrogens is 725 g/mol. The molecule has 5 aromatic rings. The van der Waals surface area contributed by atoms with Crippen molar-refractivity contribution in [3.05, 3.63) is 76.1 Å². The number of cyclic esters (lactones) is 1. The SMILES string of the molecule is CC[C@@]1(OP(=O)(O)OC[C@H]2O[C@@H](n3cnc4c(NC(C)=O)ncnc43)[C@H](OC(C)=O)[C@@H]2C)C(=O)OCc2c1cc1n(c2=O)Cc2cc3ccccc3nc2-1. The average Bonchev–Trinajstić information content (AvgIpc) is 3.81. The van der Waals surface area contributed by atoms with Crippen molar-refractivity contribution in [2.24, 2.45) is 5.92 Å². The van der Waals surface area contributed by atoms with Gasteiger partial charge in [0.05, 0.1) is 48.1 Å². The van der Waals surface area contributed by atoms with Gasteiger partial charge in [0.2, 0.25) is 11.5 Å². The molecule has 54 heavy (non-hydrogen) atoms. The molecule has 0 aliphatic carbocycles. The predicted octanol–water partition coefficient (Wildman–Crippen LogP) is 3.48. The molecule has 0 saturated carbocycles. The highest BCUT2D eigenvalue weighted by atomic mass is 31.2. The van der Waals surface area contributed by atoms with E-state index in [0.717, 1.165) is 10.9 Å². The van der Waals surface area contributed by atoms with Gasteiger partial charge in [-0.05, 0) is 24.6 Å². The molecule has 1 fully saturated rings. The van der Waals surface area contributed by atoms with E-state index in [1.54, 1.807) is 19.9 Å². The molecule has 0 bridgehead atoms. The number of amides is 1. The Morgan fingerprint density at radius 2 is 1.94 bits per heavy atom. The van der Waals surface area contributed by atoms with E-state index in [0.29, 0.717) is 16.9 Å². The second-order valence-corrected chi connectivity index (χ2v) is 14.7. The Morgan fingerprint density at radius 1 is 1.15 bits per heavy atom. The summed E-state index contributed by atoms with van der Waals surface area (Å²) in [4.78, 5) is 80.0. The summed E-state index contributed by atoms with van der Waals surface area (Å²) in [5.41, 5.74) is 0.583. The van der Waals surface area contributed by atoms with Crippen molar-refractivity contribution in [3.8, 4) is 11.4 Å². The van der Waals surface area contributed by atoms with Crippen molar-refractivity contribution in [1.29, 1.82) is 0 Å². The maximum atomic E-state index is 13.9. The number of esters is 2. The van der Waals surface area contributed by atoms with E-state index in [4.69, 9.17) is 28.2 Å². The molecule has 0 spiro atoms. The Bertz CT molecular complexity index is 2500. The number of para-hydroxylation sites is 1. The Morgan fingerprint density at radius 3 is 2.70 bits per heavy atom. The lowest BCUT2D eigenvalue weighted by molar-refractivity contribution is -0.171. The van der Waals surface area contributed by atoms with Gasteiger partial charge in [-0.1, -0.05) is 32.0 Å². The fourth-order valence-electron chi connectivity index (χ4n) is 7.38. The fraction of sp³-hybridized carbons (Fsp3) is 0.371. The number of benzene rings is 1. The zero-order chi connectivity index (χ0) is 38.1. The van der Waals surface area contributed by atoms with Gasteiger partial charge in [0.1, 0.15) is 12.9 Å². The van der Waals surface area contributed by atoms with Crippen LogP contribution in [-0.2, 0) is 61.0 Å². The molecule has 2 N–H and O–H groups in total. The highest BCUT2D eigenvalue weighted by Crippen LogP contribution is 2.54. The Balaban J connectivity index is 1.08. The molecule has 4 aromatic heterocycles. The normalized spacial score (nSPS) is 24.1. The topological polar surface area (TPSA) is 225 Å². The van der Waals surface area contributed by atoms with Crippen LogP contribution in [0.1, 0.15) is 57.0 Å². The zero-order valence-corrected chi connectivity index (χ0v) is 30.3. The van der Waals surface area contributed by atoms with E-state index in [9.17, 15) is 28.6 Å². The number of rotatable bonds is 9. The van der Waals surface area contributed by atoms with E-state index in [1.165, 1.54) is 35.6 Å². The number of hydrogen-bond acceptors (Lipinski definition) is 14. The maximum Gasteiger partial charge on any atom is 0.473 e. The third kappa shape index (κ3) is 5.86. The highest BCUT2D eigenvalue weighted by molar-refractivity contribution is 7.47. The molecule has 19 heteroatoms. The molecular formula is C35H34N7O11P. The Labute approximate surface area is 306 Å². The summed E-state index contributed by atoms with van der Waals surface area (Å²) in [6, 6.07) is 11.1. The summed E-state index contributed by atoms with van der Waals surface area (Å²) in [5, 5.41) is 3.49. The first kappa shape index (κ1) is 35.6. The minimum atomic E-state index is -5.13. The number of hydrogen-bond donors (Lipinski definition) is 2. The quantitative estimate of drug-likeness (QED) is 0.159. The van der Waals surface area contributed by atoms with Gasteiger partial charge < -0.3 is 29.0 Å². The minimum absolute atomic E-state index is 0.0891. The predicted molar refractivity (Wildman–Crippen MR) is 187 cm³/mol. The number of anilines is 1. The van der Waals surface area contributed by atoms with E-state index in [1.807, 2.05) is 30.3 Å². The van der Waals surface area contributed by atoms with Gasteiger partial charge in [0.25, 0.3) is 5.56 Å². The monoisotopic (exact) mass is 759 g/mol. The number of carbonyl (C=O) groups is 3. The first-order valence-corrected chi connectivity index (χ1v) is 18.6. The highest BCUT2D eigenvalue weighted by Gasteiger charge is 2.53. The summed E-state index contributed by atoms with van der Waals surface area (Å²) in [7, 11) is -5.13. The van der Waals surface area contributed by atoms with Crippen LogP contribution in [0.25, 0.3) is 33.5 Å². The van der Waals surface area contributed by atoms with Gasteiger partial charge in [-0.3, -0.25) is 28.0 Å². The van der Waals surface area contributed by atoms with Crippen LogP contribution in [0.15, 0.2) is 53.8 Å². The van der Waals surface area contributed by atoms with E-state index >= 15 is 0 Å². The standard InChI is InChI=1S/C35H34N7O11P/c1-5-35(23-11-25-27-21(10-20-8-6-7-9-24(20)40-27)12-41(25)32(45)22(23)13-49-34(35)46)53-54(47,48)50-14-26-17(2)29(51-19(4)44)33(52-26)42-16-38-28-30(39-18(3)43)36-15-37-31(28)42/h6-11,15-17,26,29,33H,5,12-14H2,1-4H3,(H,47,48)(H,36,37,39,43)/t17-,26-,29-,33-,35+/m1/s1. The number of carbonyl (C=O) groups excluding carboxylic acids is 3. The van der Waals surface area contributed by atoms with Crippen LogP contribution in [0.5, 0.6) is 0 Å². The number of ether oxygens (including phenoxy) is 3. The minimum Gasteiger partial charge on any atom is -0.458 e. The van der Waals surface area contributed by atoms with Crippen molar-refractivity contribution < 1.29 is 47.1 Å². The van der Waals surface area contributed by atoms with Crippen LogP contribution in [0, 0.1) is 5.92 Å². The number of aromatic nitrogens is 6. The number of phosphoric acid groups is 1. The lowest BCUT2D eigenvalue weighted by Gasteiger charge is -2.36. The first-order valence-electron chi connectivity index (χ1n) is 17.1. The summed E-state index contributed by atoms with van der Waals surface area (Å²) in [6.07, 6.45) is -0.482. The van der Waals surface area contributed by atoms with Crippen LogP contribution in [0.4, 0.5) is 5.82 Å². The van der Waals surface area contributed by atoms with E-state index in [-0.39, 0.29) is 53.6 Å². The molecule has 1 unspecified atom stereocenters. The zero-order valence-electron chi connectivity index (χ0n) is 29.4. The molecule has 280 valence electrons. The third-order valence-electron chi connectivity index (χ3n) is 9.99. The Hall–Kier alpha value is -5.39. The molecule has 8 rings (SSSR count). The van der Waals surface area contributed by atoms with Crippen LogP contribution in [-0.4, -0.2) is 70.6 Å². The van der Waals surface area contributed by atoms with Crippen LogP contribution >= 0.6 is 7.82 Å². The number of fused-ring (bicyclic) bond motifs is 6. The van der Waals surface area contributed by atoms with Crippen molar-refractivity contribution in [2.75, 3.05) is 11.9 Å². The van der Waals surface area contributed by atoms with Crippen LogP contribution in [0.2, 0.25) is 0 Å². The molecule has 6 atom stereocenters. The summed E-state index contributed by atoms with van der Waals surface area (Å²) >= 11 is 0. The smallest absolute Gasteiger partial charge is 0.458 e. The number of imidazole rings is 1. The molecule has 3 aliphatic heterocycles. The van der Waals surface area contributed by atoms with Gasteiger partial charge >= 0.3 is 19.8 Å². The molecule has 1 amide bonds. The van der Waals surface area contributed by atoms with Gasteiger partial charge in [0.15, 0.2) is 29.3 Å². The summed E-state index contributed by atoms with van der Waals surface area (Å²) in [6.45, 7) is 5.17. The summed E-state index contributed by atoms with van der Waals surface area (Å²) < 4.78 is 45.4. The molecule has 1 aromatic carbocycles. The number of nitrogens with zero attached hydrogens (tertiary/aromatic N) is 6. The maximum absolute atomic E-state index is 13.9. The van der Waals surface area contributed by atoms with Gasteiger partial charge in [0, 0.05) is 36.3 Å². The molecule has 3 aliphatic rings. The number of phosphoric ester groups is 1. The first-order chi connectivity index (χ1) is 25.8. The van der Waals surface area contributed by atoms with Crippen molar-refractivity contribution in [1.82, 2.24) is 29.1 Å². The van der Waals surface area contributed by atoms with Crippen LogP contribution < -0.4 is 10.9 Å². The van der Waals surface area contributed by atoms with Gasteiger partial charge in [-0.2, -0.15) is 0 Å². The van der Waals surface area contributed by atoms with Crippen molar-refractivity contribution >= 4 is 53.6 Å². The number of pyridine rings is 2. The van der Waals surface area contributed by atoms with E-state index < -0.39 is 61.9 Å². The fourth-order valence-corrected chi connectivity index (χ4v) is 8.46. The molecule has 18 nitrogen and oxygen atoms in total. The van der Waals surface area contributed by atoms with Crippen molar-refractivity contribution in [2.45, 2.75) is 71.3 Å². The van der Waals surface area contributed by atoms with E-state index in [2.05, 4.69) is 20.3 Å². The lowest BCUT2D eigenvalue weighted by Crippen LogP contribution is -2.46. The molecule has 0 radical (unpaired) electrons. The van der Waals surface area contributed by atoms with Crippen molar-refractivity contribution in [3.63, 3.8) is 0 Å². The average molecular weight is 760 g/mol. The lowest BCUT2D eigenvalue weighted by atomic mass is 9.86. The second kappa shape index (κ2) is 13.2. The second-order valence-electron chi connectivity index (χ2n) is 13.3. The number of nitrogens with one attached hydrogen (secondary N) is 1.